The normalized spacial score (nSPS) is 15.5. The number of Topliss-reactive ketones (excluding diaryl/α,β-unsaturated/α-hetero) is 1. The van der Waals surface area contributed by atoms with Crippen LogP contribution in [0.15, 0.2) is 18.5 Å². The van der Waals surface area contributed by atoms with Crippen molar-refractivity contribution in [1.29, 1.82) is 0 Å². The molecule has 0 bridgehead atoms. The van der Waals surface area contributed by atoms with Gasteiger partial charge in [0.15, 0.2) is 5.78 Å². The van der Waals surface area contributed by atoms with Gasteiger partial charge in [0.1, 0.15) is 5.75 Å². The van der Waals surface area contributed by atoms with Gasteiger partial charge in [-0.1, -0.05) is 0 Å². The molecule has 1 aliphatic carbocycles. The summed E-state index contributed by atoms with van der Waals surface area (Å²) < 4.78 is 4.99. The molecule has 1 aromatic heterocycles. The summed E-state index contributed by atoms with van der Waals surface area (Å²) in [6.07, 6.45) is 5.25. The second-order valence-electron chi connectivity index (χ2n) is 3.25. The van der Waals surface area contributed by atoms with Crippen LogP contribution in [0.3, 0.4) is 0 Å². The molecule has 3 heteroatoms. The van der Waals surface area contributed by atoms with E-state index in [9.17, 15) is 4.79 Å². The summed E-state index contributed by atoms with van der Waals surface area (Å²) in [5.41, 5.74) is 0.668. The molecule has 0 spiro atoms. The fourth-order valence-electron chi connectivity index (χ4n) is 1.25. The first-order valence-electron chi connectivity index (χ1n) is 4.34. The predicted molar refractivity (Wildman–Crippen MR) is 47.8 cm³/mol. The van der Waals surface area contributed by atoms with E-state index in [1.54, 1.807) is 25.6 Å². The third-order valence-corrected chi connectivity index (χ3v) is 2.18. The molecule has 1 fully saturated rings. The van der Waals surface area contributed by atoms with Gasteiger partial charge in [-0.05, 0) is 18.9 Å². The van der Waals surface area contributed by atoms with Crippen LogP contribution >= 0.6 is 0 Å². The molecular formula is C10H11NO2. The van der Waals surface area contributed by atoms with Gasteiger partial charge in [0, 0.05) is 17.7 Å². The molecule has 68 valence electrons. The third-order valence-electron chi connectivity index (χ3n) is 2.18. The van der Waals surface area contributed by atoms with Gasteiger partial charge in [-0.25, -0.2) is 0 Å². The van der Waals surface area contributed by atoms with Crippen LogP contribution in [0.1, 0.15) is 23.2 Å². The monoisotopic (exact) mass is 177 g/mol. The van der Waals surface area contributed by atoms with Crippen molar-refractivity contribution >= 4 is 5.78 Å². The van der Waals surface area contributed by atoms with E-state index in [0.717, 1.165) is 12.8 Å². The lowest BCUT2D eigenvalue weighted by Crippen LogP contribution is -2.02. The quantitative estimate of drug-likeness (QED) is 0.659. The molecule has 0 aromatic carbocycles. The lowest BCUT2D eigenvalue weighted by atomic mass is 10.1. The maximum Gasteiger partial charge on any atom is 0.167 e. The highest BCUT2D eigenvalue weighted by molar-refractivity contribution is 5.99. The molecule has 2 rings (SSSR count). The van der Waals surface area contributed by atoms with E-state index in [2.05, 4.69) is 4.98 Å². The Morgan fingerprint density at radius 3 is 2.92 bits per heavy atom. The van der Waals surface area contributed by atoms with Crippen molar-refractivity contribution in [2.45, 2.75) is 12.8 Å². The Balaban J connectivity index is 2.23. The predicted octanol–water partition coefficient (Wildman–Crippen LogP) is 1.68. The number of hydrogen-bond donors (Lipinski definition) is 0. The highest BCUT2D eigenvalue weighted by Gasteiger charge is 2.30. The summed E-state index contributed by atoms with van der Waals surface area (Å²) in [6, 6.07) is 1.74. The average molecular weight is 177 g/mol. The van der Waals surface area contributed by atoms with E-state index in [1.165, 1.54) is 0 Å². The highest BCUT2D eigenvalue weighted by Crippen LogP contribution is 2.32. The van der Waals surface area contributed by atoms with Gasteiger partial charge in [-0.15, -0.1) is 0 Å². The van der Waals surface area contributed by atoms with Crippen LogP contribution in [0.5, 0.6) is 5.75 Å². The average Bonchev–Trinajstić information content (AvgIpc) is 3.00. The molecule has 1 aromatic rings. The van der Waals surface area contributed by atoms with E-state index < -0.39 is 0 Å². The topological polar surface area (TPSA) is 39.2 Å². The lowest BCUT2D eigenvalue weighted by Gasteiger charge is -2.01. The highest BCUT2D eigenvalue weighted by atomic mass is 16.5. The molecule has 0 unspecified atom stereocenters. The molecule has 13 heavy (non-hydrogen) atoms. The largest absolute Gasteiger partial charge is 0.495 e. The molecule has 0 atom stereocenters. The van der Waals surface area contributed by atoms with E-state index >= 15 is 0 Å². The van der Waals surface area contributed by atoms with Gasteiger partial charge in [0.25, 0.3) is 0 Å². The van der Waals surface area contributed by atoms with Gasteiger partial charge in [0.05, 0.1) is 13.3 Å². The van der Waals surface area contributed by atoms with Gasteiger partial charge in [-0.2, -0.15) is 0 Å². The van der Waals surface area contributed by atoms with Crippen LogP contribution in [0.25, 0.3) is 0 Å². The maximum absolute atomic E-state index is 11.6. The lowest BCUT2D eigenvalue weighted by molar-refractivity contribution is 0.0967. The fourth-order valence-corrected chi connectivity index (χ4v) is 1.25. The Morgan fingerprint density at radius 2 is 2.31 bits per heavy atom. The summed E-state index contributed by atoms with van der Waals surface area (Å²) in [5.74, 6) is 1.09. The molecule has 3 nitrogen and oxygen atoms in total. The van der Waals surface area contributed by atoms with Crippen LogP contribution < -0.4 is 4.74 Å². The summed E-state index contributed by atoms with van der Waals surface area (Å²) in [7, 11) is 1.57. The van der Waals surface area contributed by atoms with Crippen LogP contribution in [-0.4, -0.2) is 17.9 Å². The standard InChI is InChI=1S/C10H11NO2/c1-13-9-4-8(5-11-6-9)10(12)7-2-3-7/h4-7H,2-3H2,1H3. The zero-order valence-corrected chi connectivity index (χ0v) is 7.49. The van der Waals surface area contributed by atoms with Gasteiger partial charge < -0.3 is 4.74 Å². The number of ketones is 1. The molecular weight excluding hydrogens is 166 g/mol. The van der Waals surface area contributed by atoms with Gasteiger partial charge in [-0.3, -0.25) is 9.78 Å². The molecule has 0 saturated heterocycles. The molecule has 0 aliphatic heterocycles. The van der Waals surface area contributed by atoms with Crippen molar-refractivity contribution in [3.8, 4) is 5.75 Å². The molecule has 0 N–H and O–H groups in total. The van der Waals surface area contributed by atoms with Crippen molar-refractivity contribution in [2.24, 2.45) is 5.92 Å². The number of pyridine rings is 1. The van der Waals surface area contributed by atoms with Crippen molar-refractivity contribution in [1.82, 2.24) is 4.98 Å². The number of carbonyl (C=O) groups is 1. The van der Waals surface area contributed by atoms with Crippen molar-refractivity contribution in [3.63, 3.8) is 0 Å². The Bertz CT molecular complexity index is 331. The Hall–Kier alpha value is -1.38. The van der Waals surface area contributed by atoms with Crippen molar-refractivity contribution < 1.29 is 9.53 Å². The second-order valence-corrected chi connectivity index (χ2v) is 3.25. The summed E-state index contributed by atoms with van der Waals surface area (Å²) >= 11 is 0. The summed E-state index contributed by atoms with van der Waals surface area (Å²) in [5, 5.41) is 0. The van der Waals surface area contributed by atoms with Crippen LogP contribution in [0.4, 0.5) is 0 Å². The number of ether oxygens (including phenoxy) is 1. The molecule has 1 aliphatic rings. The molecule has 0 amide bonds. The number of rotatable bonds is 3. The number of nitrogens with zero attached hydrogens (tertiary/aromatic N) is 1. The Morgan fingerprint density at radius 1 is 1.54 bits per heavy atom. The maximum atomic E-state index is 11.6. The summed E-state index contributed by atoms with van der Waals surface area (Å²) in [6.45, 7) is 0. The zero-order chi connectivity index (χ0) is 9.26. The van der Waals surface area contributed by atoms with Gasteiger partial charge >= 0.3 is 0 Å². The van der Waals surface area contributed by atoms with Crippen molar-refractivity contribution in [3.05, 3.63) is 24.0 Å². The fraction of sp³-hybridized carbons (Fsp3) is 0.400. The third kappa shape index (κ3) is 1.69. The zero-order valence-electron chi connectivity index (χ0n) is 7.49. The van der Waals surface area contributed by atoms with Crippen LogP contribution in [-0.2, 0) is 0 Å². The minimum absolute atomic E-state index is 0.200. The van der Waals surface area contributed by atoms with Gasteiger partial charge in [0.2, 0.25) is 0 Å². The number of carbonyl (C=O) groups excluding carboxylic acids is 1. The van der Waals surface area contributed by atoms with Crippen molar-refractivity contribution in [2.75, 3.05) is 7.11 Å². The van der Waals surface area contributed by atoms with Crippen LogP contribution in [0, 0.1) is 5.92 Å². The molecule has 1 saturated carbocycles. The molecule has 0 radical (unpaired) electrons. The van der Waals surface area contributed by atoms with Crippen LogP contribution in [0.2, 0.25) is 0 Å². The van der Waals surface area contributed by atoms with E-state index in [0.29, 0.717) is 11.3 Å². The first kappa shape index (κ1) is 8.23. The minimum Gasteiger partial charge on any atom is -0.495 e. The number of hydrogen-bond acceptors (Lipinski definition) is 3. The first-order valence-corrected chi connectivity index (χ1v) is 4.34. The first-order chi connectivity index (χ1) is 6.31. The van der Waals surface area contributed by atoms with E-state index in [4.69, 9.17) is 4.74 Å². The van der Waals surface area contributed by atoms with E-state index in [1.807, 2.05) is 0 Å². The molecule has 1 heterocycles. The van der Waals surface area contributed by atoms with E-state index in [-0.39, 0.29) is 11.7 Å². The number of methoxy groups -OCH3 is 1. The number of aromatic nitrogens is 1. The Kier molecular flexibility index (Phi) is 2.00. The summed E-state index contributed by atoms with van der Waals surface area (Å²) in [4.78, 5) is 15.5. The minimum atomic E-state index is 0.200. The SMILES string of the molecule is COc1cncc(C(=O)C2CC2)c1. The second kappa shape index (κ2) is 3.17. The smallest absolute Gasteiger partial charge is 0.167 e. The Labute approximate surface area is 76.7 Å².